The van der Waals surface area contributed by atoms with Crippen molar-refractivity contribution in [2.45, 2.75) is 76.0 Å². The van der Waals surface area contributed by atoms with Gasteiger partial charge in [0.25, 0.3) is 0 Å². The zero-order valence-corrected chi connectivity index (χ0v) is 16.8. The molecule has 3 rings (SSSR count). The number of hydrogen-bond acceptors (Lipinski definition) is 6. The van der Waals surface area contributed by atoms with Crippen molar-refractivity contribution >= 4 is 0 Å². The molecule has 1 aliphatic carbocycles. The highest BCUT2D eigenvalue weighted by molar-refractivity contribution is 5.17. The predicted molar refractivity (Wildman–Crippen MR) is 102 cm³/mol. The molecule has 0 aromatic carbocycles. The highest BCUT2D eigenvalue weighted by Gasteiger charge is 2.62. The number of nitrogens with zero attached hydrogens (tertiary/aromatic N) is 1. The van der Waals surface area contributed by atoms with Gasteiger partial charge < -0.3 is 24.5 Å². The summed E-state index contributed by atoms with van der Waals surface area (Å²) in [6.07, 6.45) is 3.99. The second-order valence-corrected chi connectivity index (χ2v) is 8.63. The van der Waals surface area contributed by atoms with E-state index in [0.717, 1.165) is 5.76 Å². The van der Waals surface area contributed by atoms with Gasteiger partial charge in [-0.15, -0.1) is 0 Å². The summed E-state index contributed by atoms with van der Waals surface area (Å²) in [7, 11) is 1.54. The summed E-state index contributed by atoms with van der Waals surface area (Å²) < 4.78 is 11.1. The summed E-state index contributed by atoms with van der Waals surface area (Å²) in [5.74, 6) is 0.233. The van der Waals surface area contributed by atoms with Crippen LogP contribution in [0.4, 0.5) is 0 Å². The number of furan rings is 1. The smallest absolute Gasteiger partial charge is 0.117 e. The van der Waals surface area contributed by atoms with E-state index in [2.05, 4.69) is 11.0 Å². The number of aliphatic hydroxyl groups excluding tert-OH is 1. The highest BCUT2D eigenvalue weighted by atomic mass is 16.5. The van der Waals surface area contributed by atoms with E-state index in [0.29, 0.717) is 32.4 Å². The maximum Gasteiger partial charge on any atom is 0.117 e. The lowest BCUT2D eigenvalue weighted by molar-refractivity contribution is -0.266. The van der Waals surface area contributed by atoms with E-state index in [-0.39, 0.29) is 6.04 Å². The Kier molecular flexibility index (Phi) is 5.85. The minimum absolute atomic E-state index is 0.231. The molecule has 3 N–H and O–H groups in total. The maximum atomic E-state index is 11.7. The zero-order valence-electron chi connectivity index (χ0n) is 16.8. The summed E-state index contributed by atoms with van der Waals surface area (Å²) in [6.45, 7) is 6.76. The summed E-state index contributed by atoms with van der Waals surface area (Å²) in [6, 6.07) is 3.52. The minimum Gasteiger partial charge on any atom is -0.468 e. The molecule has 2 heterocycles. The number of methoxy groups -OCH3 is 1. The molecule has 2 aliphatic rings. The number of likely N-dealkylation sites (tertiary alicyclic amines) is 1. The van der Waals surface area contributed by atoms with Crippen LogP contribution in [0.2, 0.25) is 0 Å². The zero-order chi connectivity index (χ0) is 19.8. The third-order valence-electron chi connectivity index (χ3n) is 6.34. The fraction of sp³-hybridized carbons (Fsp3) is 0.714. The molecule has 1 saturated heterocycles. The monoisotopic (exact) mass is 379 g/mol. The Morgan fingerprint density at radius 2 is 2.15 bits per heavy atom. The second-order valence-electron chi connectivity index (χ2n) is 8.63. The van der Waals surface area contributed by atoms with Gasteiger partial charge in [-0.3, -0.25) is 4.90 Å². The van der Waals surface area contributed by atoms with Crippen LogP contribution < -0.4 is 0 Å². The van der Waals surface area contributed by atoms with Crippen LogP contribution in [0, 0.1) is 5.92 Å². The number of ether oxygens (including phenoxy) is 1. The molecule has 0 amide bonds. The highest BCUT2D eigenvalue weighted by Crippen LogP contribution is 2.49. The number of fused-ring (bicyclic) bond motifs is 1. The van der Waals surface area contributed by atoms with Crippen molar-refractivity contribution in [2.24, 2.45) is 5.92 Å². The third kappa shape index (κ3) is 3.87. The SMILES string of the molecule is CO[C@@H]1[C@H](O)CC[C@]2(O)CN(Cc3ccco3)[C@@H](CC=C(C)C)[C@](C)(O)[C@@H]12. The van der Waals surface area contributed by atoms with Gasteiger partial charge in [0.2, 0.25) is 0 Å². The normalized spacial score (nSPS) is 39.8. The summed E-state index contributed by atoms with van der Waals surface area (Å²) in [4.78, 5) is 2.11. The van der Waals surface area contributed by atoms with E-state index in [9.17, 15) is 15.3 Å². The van der Waals surface area contributed by atoms with E-state index < -0.39 is 29.3 Å². The molecule has 1 aliphatic heterocycles. The van der Waals surface area contributed by atoms with Crippen molar-refractivity contribution in [3.8, 4) is 0 Å². The van der Waals surface area contributed by atoms with Gasteiger partial charge in [0.15, 0.2) is 0 Å². The summed E-state index contributed by atoms with van der Waals surface area (Å²) >= 11 is 0. The van der Waals surface area contributed by atoms with Crippen LogP contribution in [-0.2, 0) is 11.3 Å². The van der Waals surface area contributed by atoms with Gasteiger partial charge in [-0.05, 0) is 52.2 Å². The molecule has 1 saturated carbocycles. The topological polar surface area (TPSA) is 86.3 Å². The fourth-order valence-corrected chi connectivity index (χ4v) is 5.14. The van der Waals surface area contributed by atoms with Crippen molar-refractivity contribution < 1.29 is 24.5 Å². The van der Waals surface area contributed by atoms with Crippen LogP contribution in [0.25, 0.3) is 0 Å². The molecule has 1 aromatic heterocycles. The van der Waals surface area contributed by atoms with Crippen LogP contribution in [0.15, 0.2) is 34.5 Å². The van der Waals surface area contributed by atoms with Crippen molar-refractivity contribution in [2.75, 3.05) is 13.7 Å². The Balaban J connectivity index is 1.99. The molecule has 0 spiro atoms. The van der Waals surface area contributed by atoms with E-state index >= 15 is 0 Å². The molecule has 0 bridgehead atoms. The van der Waals surface area contributed by atoms with E-state index in [1.54, 1.807) is 13.2 Å². The molecule has 0 radical (unpaired) electrons. The van der Waals surface area contributed by atoms with Gasteiger partial charge in [0.1, 0.15) is 5.76 Å². The molecule has 1 aromatic rings. The largest absolute Gasteiger partial charge is 0.468 e. The molecular formula is C21H33NO5. The minimum atomic E-state index is -1.24. The van der Waals surface area contributed by atoms with Crippen molar-refractivity contribution in [1.29, 1.82) is 0 Å². The number of piperidine rings is 1. The quantitative estimate of drug-likeness (QED) is 0.679. The lowest BCUT2D eigenvalue weighted by atomic mass is 9.59. The number of aliphatic hydroxyl groups is 3. The Labute approximate surface area is 161 Å². The second kappa shape index (κ2) is 7.68. The lowest BCUT2D eigenvalue weighted by Crippen LogP contribution is -2.75. The van der Waals surface area contributed by atoms with Crippen LogP contribution in [0.3, 0.4) is 0 Å². The van der Waals surface area contributed by atoms with Gasteiger partial charge in [-0.2, -0.15) is 0 Å². The number of allylic oxidation sites excluding steroid dienone is 1. The standard InChI is InChI=1S/C21H33NO5/c1-14(2)7-8-17-20(3,24)19-18(26-4)16(23)9-10-21(19,25)13-22(17)12-15-6-5-11-27-15/h5-7,11,16-19,23-25H,8-10,12-13H2,1-4H3/t16-,17+,18-,19-,20+,21+/m1/s1. The molecule has 6 atom stereocenters. The third-order valence-corrected chi connectivity index (χ3v) is 6.34. The average Bonchev–Trinajstić information content (AvgIpc) is 3.08. The van der Waals surface area contributed by atoms with Crippen LogP contribution >= 0.6 is 0 Å². The molecule has 152 valence electrons. The molecule has 6 heteroatoms. The first kappa shape index (κ1) is 20.6. The number of hydrogen-bond donors (Lipinski definition) is 3. The number of β-amino-alcohol motifs (C(OH)–C–C–N with tert-alkyl or cyclic N) is 1. The first-order valence-corrected chi connectivity index (χ1v) is 9.74. The average molecular weight is 379 g/mol. The van der Waals surface area contributed by atoms with E-state index in [4.69, 9.17) is 9.15 Å². The maximum absolute atomic E-state index is 11.7. The van der Waals surface area contributed by atoms with Gasteiger partial charge in [-0.25, -0.2) is 0 Å². The molecule has 2 fully saturated rings. The Hall–Kier alpha value is -1.18. The van der Waals surface area contributed by atoms with Gasteiger partial charge in [0.05, 0.1) is 36.2 Å². The predicted octanol–water partition coefficient (Wildman–Crippen LogP) is 2.09. The molecule has 6 nitrogen and oxygen atoms in total. The Morgan fingerprint density at radius 1 is 1.41 bits per heavy atom. The van der Waals surface area contributed by atoms with Crippen molar-refractivity contribution in [3.05, 3.63) is 35.8 Å². The Morgan fingerprint density at radius 3 is 2.74 bits per heavy atom. The van der Waals surface area contributed by atoms with Gasteiger partial charge in [-0.1, -0.05) is 11.6 Å². The van der Waals surface area contributed by atoms with Crippen LogP contribution in [-0.4, -0.2) is 63.3 Å². The van der Waals surface area contributed by atoms with Crippen molar-refractivity contribution in [1.82, 2.24) is 4.90 Å². The molecule has 27 heavy (non-hydrogen) atoms. The summed E-state index contributed by atoms with van der Waals surface area (Å²) in [5.41, 5.74) is -1.19. The van der Waals surface area contributed by atoms with Gasteiger partial charge in [0, 0.05) is 25.6 Å². The van der Waals surface area contributed by atoms with Crippen LogP contribution in [0.5, 0.6) is 0 Å². The Bertz CT molecular complexity index is 652. The van der Waals surface area contributed by atoms with E-state index in [1.165, 1.54) is 12.7 Å². The van der Waals surface area contributed by atoms with E-state index in [1.807, 2.05) is 26.0 Å². The number of rotatable bonds is 5. The molecule has 0 unspecified atom stereocenters. The lowest BCUT2D eigenvalue weighted by Gasteiger charge is -2.61. The first-order valence-electron chi connectivity index (χ1n) is 9.74. The molecular weight excluding hydrogens is 346 g/mol. The summed E-state index contributed by atoms with van der Waals surface area (Å²) in [5, 5.41) is 33.6. The van der Waals surface area contributed by atoms with Crippen LogP contribution in [0.1, 0.15) is 45.8 Å². The van der Waals surface area contributed by atoms with Gasteiger partial charge >= 0.3 is 0 Å². The fourth-order valence-electron chi connectivity index (χ4n) is 5.14. The van der Waals surface area contributed by atoms with Crippen molar-refractivity contribution in [3.63, 3.8) is 0 Å². The first-order chi connectivity index (χ1) is 12.7.